The summed E-state index contributed by atoms with van der Waals surface area (Å²) in [5, 5.41) is 3.07. The molecule has 1 amide bonds. The highest BCUT2D eigenvalue weighted by atomic mass is 35.5. The van der Waals surface area contributed by atoms with E-state index < -0.39 is 5.54 Å². The van der Waals surface area contributed by atoms with Gasteiger partial charge in [-0.2, -0.15) is 0 Å². The second-order valence-corrected chi connectivity index (χ2v) is 6.31. The maximum Gasteiger partial charge on any atom is 0.240 e. The summed E-state index contributed by atoms with van der Waals surface area (Å²) in [6.07, 6.45) is 3.51. The molecule has 2 aliphatic rings. The zero-order valence-electron chi connectivity index (χ0n) is 13.0. The summed E-state index contributed by atoms with van der Waals surface area (Å²) in [5.74, 6) is -0.185. The molecular formula is C16H24Cl2FN3O. The predicted octanol–water partition coefficient (Wildman–Crippen LogP) is 2.24. The van der Waals surface area contributed by atoms with E-state index in [1.807, 2.05) is 12.1 Å². The molecule has 23 heavy (non-hydrogen) atoms. The van der Waals surface area contributed by atoms with Gasteiger partial charge in [-0.15, -0.1) is 24.8 Å². The van der Waals surface area contributed by atoms with E-state index in [4.69, 9.17) is 5.73 Å². The van der Waals surface area contributed by atoms with Crippen LogP contribution in [0.2, 0.25) is 0 Å². The van der Waals surface area contributed by atoms with Crippen LogP contribution >= 0.6 is 24.8 Å². The van der Waals surface area contributed by atoms with Gasteiger partial charge in [0, 0.05) is 25.7 Å². The number of nitrogens with two attached hydrogens (primary N) is 1. The van der Waals surface area contributed by atoms with E-state index in [1.54, 1.807) is 0 Å². The maximum absolute atomic E-state index is 12.9. The van der Waals surface area contributed by atoms with E-state index in [-0.39, 0.29) is 42.6 Å². The summed E-state index contributed by atoms with van der Waals surface area (Å²) in [7, 11) is 0. The van der Waals surface area contributed by atoms with Crippen molar-refractivity contribution < 1.29 is 9.18 Å². The van der Waals surface area contributed by atoms with Crippen molar-refractivity contribution in [3.8, 4) is 0 Å². The summed E-state index contributed by atoms with van der Waals surface area (Å²) in [6.45, 7) is 2.72. The Morgan fingerprint density at radius 2 is 1.78 bits per heavy atom. The number of nitrogens with zero attached hydrogens (tertiary/aromatic N) is 1. The van der Waals surface area contributed by atoms with Crippen LogP contribution in [0.25, 0.3) is 0 Å². The number of carbonyl (C=O) groups excluding carboxylic acids is 1. The van der Waals surface area contributed by atoms with E-state index in [0.29, 0.717) is 0 Å². The van der Waals surface area contributed by atoms with Crippen molar-refractivity contribution in [1.29, 1.82) is 0 Å². The van der Waals surface area contributed by atoms with Crippen molar-refractivity contribution in [3.05, 3.63) is 35.6 Å². The molecule has 0 atom stereocenters. The highest BCUT2D eigenvalue weighted by molar-refractivity contribution is 5.89. The monoisotopic (exact) mass is 363 g/mol. The molecule has 1 aliphatic heterocycles. The van der Waals surface area contributed by atoms with E-state index in [9.17, 15) is 9.18 Å². The Balaban J connectivity index is 0.00000132. The minimum Gasteiger partial charge on any atom is -0.352 e. The second kappa shape index (κ2) is 8.29. The second-order valence-electron chi connectivity index (χ2n) is 6.31. The van der Waals surface area contributed by atoms with E-state index in [1.165, 1.54) is 12.1 Å². The Labute approximate surface area is 148 Å². The molecule has 1 aliphatic carbocycles. The third-order valence-corrected chi connectivity index (χ3v) is 4.48. The molecule has 0 aromatic heterocycles. The third-order valence-electron chi connectivity index (χ3n) is 4.48. The molecule has 0 bridgehead atoms. The number of piperidine rings is 1. The fourth-order valence-corrected chi connectivity index (χ4v) is 2.77. The number of hydrogen-bond acceptors (Lipinski definition) is 3. The van der Waals surface area contributed by atoms with Crippen LogP contribution in [0, 0.1) is 5.82 Å². The van der Waals surface area contributed by atoms with Crippen LogP contribution in [0.4, 0.5) is 4.39 Å². The van der Waals surface area contributed by atoms with Crippen molar-refractivity contribution >= 4 is 30.7 Å². The van der Waals surface area contributed by atoms with Gasteiger partial charge < -0.3 is 11.1 Å². The fourth-order valence-electron chi connectivity index (χ4n) is 2.77. The van der Waals surface area contributed by atoms with Crippen molar-refractivity contribution in [2.24, 2.45) is 5.73 Å². The van der Waals surface area contributed by atoms with E-state index >= 15 is 0 Å². The minimum absolute atomic E-state index is 0. The largest absolute Gasteiger partial charge is 0.352 e. The number of likely N-dealkylation sites (tertiary alicyclic amines) is 1. The average molecular weight is 364 g/mol. The molecule has 0 unspecified atom stereocenters. The van der Waals surface area contributed by atoms with Crippen LogP contribution in [-0.2, 0) is 11.3 Å². The van der Waals surface area contributed by atoms with Gasteiger partial charge >= 0.3 is 0 Å². The lowest BCUT2D eigenvalue weighted by Gasteiger charge is -2.32. The van der Waals surface area contributed by atoms with Crippen molar-refractivity contribution in [1.82, 2.24) is 10.2 Å². The number of halogens is 3. The Morgan fingerprint density at radius 3 is 2.30 bits per heavy atom. The summed E-state index contributed by atoms with van der Waals surface area (Å²) < 4.78 is 12.9. The fraction of sp³-hybridized carbons (Fsp3) is 0.562. The van der Waals surface area contributed by atoms with Gasteiger partial charge in [0.2, 0.25) is 5.91 Å². The first kappa shape index (κ1) is 20.2. The number of nitrogens with one attached hydrogen (secondary N) is 1. The van der Waals surface area contributed by atoms with Crippen molar-refractivity contribution in [2.75, 3.05) is 13.1 Å². The first-order valence-electron chi connectivity index (χ1n) is 7.62. The molecule has 1 saturated carbocycles. The van der Waals surface area contributed by atoms with Crippen LogP contribution in [-0.4, -0.2) is 35.5 Å². The Morgan fingerprint density at radius 1 is 1.22 bits per heavy atom. The molecule has 1 saturated heterocycles. The van der Waals surface area contributed by atoms with Crippen LogP contribution < -0.4 is 11.1 Å². The van der Waals surface area contributed by atoms with Gasteiger partial charge in [0.05, 0.1) is 5.54 Å². The molecule has 0 spiro atoms. The lowest BCUT2D eigenvalue weighted by atomic mass is 10.0. The SMILES string of the molecule is Cl.Cl.NC1(C(=O)NC2CCN(Cc3ccc(F)cc3)CC2)CC1. The molecule has 0 radical (unpaired) electrons. The molecule has 1 aromatic carbocycles. The molecule has 130 valence electrons. The Hall–Kier alpha value is -0.880. The van der Waals surface area contributed by atoms with Gasteiger partial charge in [-0.05, 0) is 43.4 Å². The van der Waals surface area contributed by atoms with Crippen LogP contribution in [0.5, 0.6) is 0 Å². The standard InChI is InChI=1S/C16H22FN3O.2ClH/c17-13-3-1-12(2-4-13)11-20-9-5-14(6-10-20)19-15(21)16(18)7-8-16;;/h1-4,14H,5-11,18H2,(H,19,21);2*1H. The van der Waals surface area contributed by atoms with Crippen LogP contribution in [0.15, 0.2) is 24.3 Å². The molecule has 3 N–H and O–H groups in total. The number of benzene rings is 1. The number of amides is 1. The average Bonchev–Trinajstić information content (AvgIpc) is 3.23. The highest BCUT2D eigenvalue weighted by Crippen LogP contribution is 2.32. The zero-order chi connectivity index (χ0) is 14.9. The molecule has 1 aromatic rings. The summed E-state index contributed by atoms with van der Waals surface area (Å²) >= 11 is 0. The quantitative estimate of drug-likeness (QED) is 0.862. The molecule has 1 heterocycles. The smallest absolute Gasteiger partial charge is 0.240 e. The Kier molecular flexibility index (Phi) is 7.27. The zero-order valence-corrected chi connectivity index (χ0v) is 14.6. The summed E-state index contributed by atoms with van der Waals surface area (Å²) in [5.41, 5.74) is 6.44. The number of hydrogen-bond donors (Lipinski definition) is 2. The lowest BCUT2D eigenvalue weighted by molar-refractivity contribution is -0.124. The van der Waals surface area contributed by atoms with Crippen LogP contribution in [0.1, 0.15) is 31.2 Å². The van der Waals surface area contributed by atoms with E-state index in [2.05, 4.69) is 10.2 Å². The third kappa shape index (κ3) is 5.31. The van der Waals surface area contributed by atoms with Gasteiger partial charge in [-0.3, -0.25) is 9.69 Å². The van der Waals surface area contributed by atoms with Gasteiger partial charge in [0.25, 0.3) is 0 Å². The van der Waals surface area contributed by atoms with Crippen molar-refractivity contribution in [2.45, 2.75) is 43.8 Å². The molecular weight excluding hydrogens is 340 g/mol. The lowest BCUT2D eigenvalue weighted by Crippen LogP contribution is -2.50. The van der Waals surface area contributed by atoms with Gasteiger partial charge in [-0.25, -0.2) is 4.39 Å². The maximum atomic E-state index is 12.9. The molecule has 2 fully saturated rings. The minimum atomic E-state index is -0.578. The summed E-state index contributed by atoms with van der Waals surface area (Å²) in [4.78, 5) is 14.3. The molecule has 4 nitrogen and oxygen atoms in total. The normalized spacial score (nSPS) is 20.1. The van der Waals surface area contributed by atoms with Crippen molar-refractivity contribution in [3.63, 3.8) is 0 Å². The topological polar surface area (TPSA) is 58.4 Å². The first-order valence-corrected chi connectivity index (χ1v) is 7.62. The first-order chi connectivity index (χ1) is 10.0. The van der Waals surface area contributed by atoms with Gasteiger partial charge in [0.1, 0.15) is 5.82 Å². The number of rotatable bonds is 4. The molecule has 7 heteroatoms. The molecule has 3 rings (SSSR count). The van der Waals surface area contributed by atoms with E-state index in [0.717, 1.165) is 50.9 Å². The highest BCUT2D eigenvalue weighted by Gasteiger charge is 2.46. The van der Waals surface area contributed by atoms with Gasteiger partial charge in [-0.1, -0.05) is 12.1 Å². The number of carbonyl (C=O) groups is 1. The Bertz CT molecular complexity index is 515. The summed E-state index contributed by atoms with van der Waals surface area (Å²) in [6, 6.07) is 6.89. The van der Waals surface area contributed by atoms with Crippen LogP contribution in [0.3, 0.4) is 0 Å². The van der Waals surface area contributed by atoms with Gasteiger partial charge in [0.15, 0.2) is 0 Å². The predicted molar refractivity (Wildman–Crippen MR) is 93.5 cm³/mol.